The SMILES string of the molecule is CCCC[C@@H]1CC[C@@H]2CC(c3cc(F)c4cc(Cl)ccc4c3)CCC2C1. The molecule has 4 atom stereocenters. The Labute approximate surface area is 162 Å². The number of rotatable bonds is 4. The molecule has 0 amide bonds. The highest BCUT2D eigenvalue weighted by Crippen LogP contribution is 2.48. The van der Waals surface area contributed by atoms with Gasteiger partial charge in [-0.2, -0.15) is 0 Å². The van der Waals surface area contributed by atoms with E-state index >= 15 is 0 Å². The van der Waals surface area contributed by atoms with Crippen molar-refractivity contribution in [1.29, 1.82) is 0 Å². The van der Waals surface area contributed by atoms with Gasteiger partial charge < -0.3 is 0 Å². The van der Waals surface area contributed by atoms with Crippen LogP contribution in [0.2, 0.25) is 5.02 Å². The maximum absolute atomic E-state index is 14.6. The third kappa shape index (κ3) is 3.79. The van der Waals surface area contributed by atoms with Crippen LogP contribution in [0.5, 0.6) is 0 Å². The average molecular weight is 373 g/mol. The molecule has 2 unspecified atom stereocenters. The molecule has 0 bridgehead atoms. The van der Waals surface area contributed by atoms with Crippen LogP contribution in [0, 0.1) is 23.6 Å². The van der Waals surface area contributed by atoms with Gasteiger partial charge in [0, 0.05) is 10.4 Å². The van der Waals surface area contributed by atoms with Crippen LogP contribution >= 0.6 is 11.6 Å². The molecule has 0 radical (unpaired) electrons. The molecule has 2 heteroatoms. The molecule has 0 spiro atoms. The summed E-state index contributed by atoms with van der Waals surface area (Å²) in [6.45, 7) is 2.30. The Bertz CT molecular complexity index is 768. The predicted octanol–water partition coefficient (Wildman–Crippen LogP) is 8.12. The lowest BCUT2D eigenvalue weighted by molar-refractivity contribution is 0.113. The van der Waals surface area contributed by atoms with Crippen molar-refractivity contribution in [2.45, 2.75) is 70.6 Å². The molecule has 4 rings (SSSR count). The molecule has 2 aromatic rings. The third-order valence-corrected chi connectivity index (χ3v) is 7.28. The van der Waals surface area contributed by atoms with Crippen LogP contribution in [0.4, 0.5) is 4.39 Å². The van der Waals surface area contributed by atoms with Gasteiger partial charge in [-0.15, -0.1) is 0 Å². The number of unbranched alkanes of at least 4 members (excludes halogenated alkanes) is 1. The monoisotopic (exact) mass is 372 g/mol. The molecule has 26 heavy (non-hydrogen) atoms. The molecule has 2 aliphatic carbocycles. The van der Waals surface area contributed by atoms with E-state index in [0.29, 0.717) is 16.3 Å². The fourth-order valence-electron chi connectivity index (χ4n) is 5.59. The van der Waals surface area contributed by atoms with Crippen molar-refractivity contribution in [1.82, 2.24) is 0 Å². The summed E-state index contributed by atoms with van der Waals surface area (Å²) in [4.78, 5) is 0. The van der Waals surface area contributed by atoms with Crippen molar-refractivity contribution in [2.24, 2.45) is 17.8 Å². The number of halogens is 2. The van der Waals surface area contributed by atoms with E-state index < -0.39 is 0 Å². The summed E-state index contributed by atoms with van der Waals surface area (Å²) in [7, 11) is 0. The van der Waals surface area contributed by atoms with E-state index in [4.69, 9.17) is 11.6 Å². The fourth-order valence-corrected chi connectivity index (χ4v) is 5.76. The number of benzene rings is 2. The van der Waals surface area contributed by atoms with Gasteiger partial charge in [-0.3, -0.25) is 0 Å². The largest absolute Gasteiger partial charge is 0.206 e. The first kappa shape index (κ1) is 18.3. The molecule has 140 valence electrons. The predicted molar refractivity (Wildman–Crippen MR) is 109 cm³/mol. The van der Waals surface area contributed by atoms with Crippen molar-refractivity contribution in [2.75, 3.05) is 0 Å². The molecule has 2 aromatic carbocycles. The average Bonchev–Trinajstić information content (AvgIpc) is 2.66. The van der Waals surface area contributed by atoms with E-state index in [1.807, 2.05) is 12.1 Å². The lowest BCUT2D eigenvalue weighted by Crippen LogP contribution is -2.30. The summed E-state index contributed by atoms with van der Waals surface area (Å²) in [6.07, 6.45) is 12.2. The minimum Gasteiger partial charge on any atom is -0.206 e. The van der Waals surface area contributed by atoms with Gasteiger partial charge in [-0.05, 0) is 84.9 Å². The van der Waals surface area contributed by atoms with Gasteiger partial charge in [0.15, 0.2) is 0 Å². The minimum absolute atomic E-state index is 0.120. The van der Waals surface area contributed by atoms with Gasteiger partial charge in [-0.25, -0.2) is 4.39 Å². The van der Waals surface area contributed by atoms with Crippen LogP contribution in [0.15, 0.2) is 30.3 Å². The number of fused-ring (bicyclic) bond motifs is 2. The fraction of sp³-hybridized carbons (Fsp3) is 0.583. The van der Waals surface area contributed by atoms with Crippen LogP contribution in [-0.2, 0) is 0 Å². The van der Waals surface area contributed by atoms with E-state index in [1.54, 1.807) is 12.1 Å². The maximum Gasteiger partial charge on any atom is 0.131 e. The second kappa shape index (κ2) is 7.89. The minimum atomic E-state index is -0.120. The van der Waals surface area contributed by atoms with Gasteiger partial charge >= 0.3 is 0 Å². The highest BCUT2D eigenvalue weighted by atomic mass is 35.5. The van der Waals surface area contributed by atoms with Crippen LogP contribution in [0.3, 0.4) is 0 Å². The van der Waals surface area contributed by atoms with Crippen LogP contribution in [0.25, 0.3) is 10.8 Å². The Morgan fingerprint density at radius 3 is 2.65 bits per heavy atom. The summed E-state index contributed by atoms with van der Waals surface area (Å²) < 4.78 is 14.6. The van der Waals surface area contributed by atoms with Crippen molar-refractivity contribution in [3.05, 3.63) is 46.7 Å². The quantitative estimate of drug-likeness (QED) is 0.508. The molecule has 0 nitrogen and oxygen atoms in total. The lowest BCUT2D eigenvalue weighted by Gasteiger charge is -2.42. The summed E-state index contributed by atoms with van der Waals surface area (Å²) in [5, 5.41) is 2.23. The Balaban J connectivity index is 1.48. The molecule has 0 N–H and O–H groups in total. The van der Waals surface area contributed by atoms with Crippen molar-refractivity contribution in [3.8, 4) is 0 Å². The molecule has 2 fully saturated rings. The zero-order valence-corrected chi connectivity index (χ0v) is 16.6. The van der Waals surface area contributed by atoms with E-state index in [9.17, 15) is 4.39 Å². The molecule has 0 aromatic heterocycles. The third-order valence-electron chi connectivity index (χ3n) is 7.05. The highest BCUT2D eigenvalue weighted by Gasteiger charge is 2.35. The first-order chi connectivity index (χ1) is 12.6. The van der Waals surface area contributed by atoms with E-state index in [2.05, 4.69) is 13.0 Å². The second-order valence-corrected chi connectivity index (χ2v) is 9.16. The normalized spacial score (nSPS) is 28.9. The van der Waals surface area contributed by atoms with Crippen LogP contribution in [-0.4, -0.2) is 0 Å². The van der Waals surface area contributed by atoms with Gasteiger partial charge in [0.25, 0.3) is 0 Å². The van der Waals surface area contributed by atoms with Gasteiger partial charge in [0.05, 0.1) is 0 Å². The standard InChI is InChI=1S/C24H30ClF/c1-2-3-4-16-5-6-18-12-19(8-7-17(18)11-16)21-13-20-9-10-22(25)15-23(20)24(26)14-21/h9-10,13-19H,2-8,11-12H2,1H3/t16-,17?,18-,19?/m1/s1. The Morgan fingerprint density at radius 2 is 1.81 bits per heavy atom. The smallest absolute Gasteiger partial charge is 0.131 e. The van der Waals surface area contributed by atoms with E-state index in [-0.39, 0.29) is 5.82 Å². The molecule has 2 aliphatic rings. The Kier molecular flexibility index (Phi) is 5.55. The number of hydrogen-bond acceptors (Lipinski definition) is 0. The topological polar surface area (TPSA) is 0 Å². The zero-order valence-electron chi connectivity index (χ0n) is 15.8. The van der Waals surface area contributed by atoms with Crippen molar-refractivity contribution in [3.63, 3.8) is 0 Å². The van der Waals surface area contributed by atoms with Crippen molar-refractivity contribution < 1.29 is 4.39 Å². The molecule has 0 heterocycles. The highest BCUT2D eigenvalue weighted by molar-refractivity contribution is 6.31. The lowest BCUT2D eigenvalue weighted by atomic mass is 9.63. The Hall–Kier alpha value is -1.08. The van der Waals surface area contributed by atoms with E-state index in [0.717, 1.165) is 23.1 Å². The molecular formula is C24H30ClF. The van der Waals surface area contributed by atoms with Crippen LogP contribution in [0.1, 0.15) is 76.2 Å². The first-order valence-corrected chi connectivity index (χ1v) is 10.9. The summed E-state index contributed by atoms with van der Waals surface area (Å²) in [5.74, 6) is 3.15. The zero-order chi connectivity index (χ0) is 18.1. The molecular weight excluding hydrogens is 343 g/mol. The van der Waals surface area contributed by atoms with Gasteiger partial charge in [-0.1, -0.05) is 56.3 Å². The van der Waals surface area contributed by atoms with Gasteiger partial charge in [0.1, 0.15) is 5.82 Å². The second-order valence-electron chi connectivity index (χ2n) is 8.72. The molecule has 2 saturated carbocycles. The Morgan fingerprint density at radius 1 is 1.00 bits per heavy atom. The van der Waals surface area contributed by atoms with Crippen LogP contribution < -0.4 is 0 Å². The van der Waals surface area contributed by atoms with Crippen molar-refractivity contribution >= 4 is 22.4 Å². The molecule has 0 aliphatic heterocycles. The summed E-state index contributed by atoms with van der Waals surface area (Å²) in [6, 6.07) is 9.53. The summed E-state index contributed by atoms with van der Waals surface area (Å²) in [5.41, 5.74) is 1.20. The van der Waals surface area contributed by atoms with E-state index in [1.165, 1.54) is 63.4 Å². The van der Waals surface area contributed by atoms with Gasteiger partial charge in [0.2, 0.25) is 0 Å². The first-order valence-electron chi connectivity index (χ1n) is 10.5. The summed E-state index contributed by atoms with van der Waals surface area (Å²) >= 11 is 6.03. The number of hydrogen-bond donors (Lipinski definition) is 0. The maximum atomic E-state index is 14.6. The molecule has 0 saturated heterocycles.